The molecule has 1 heterocycles. The van der Waals surface area contributed by atoms with E-state index in [9.17, 15) is 4.79 Å². The molecule has 0 unspecified atom stereocenters. The lowest BCUT2D eigenvalue weighted by atomic mass is 10.2. The molecule has 1 aromatic heterocycles. The van der Waals surface area contributed by atoms with Gasteiger partial charge >= 0.3 is 0 Å². The van der Waals surface area contributed by atoms with E-state index in [0.717, 1.165) is 5.56 Å². The lowest BCUT2D eigenvalue weighted by Crippen LogP contribution is -2.23. The molecule has 0 saturated heterocycles. The van der Waals surface area contributed by atoms with Crippen molar-refractivity contribution in [1.29, 1.82) is 0 Å². The Labute approximate surface area is 126 Å². The fourth-order valence-corrected chi connectivity index (χ4v) is 2.23. The van der Waals surface area contributed by atoms with Crippen LogP contribution in [0.25, 0.3) is 0 Å². The third-order valence-corrected chi connectivity index (χ3v) is 3.04. The zero-order valence-electron chi connectivity index (χ0n) is 10.7. The Kier molecular flexibility index (Phi) is 4.82. The Bertz CT molecular complexity index is 612. The van der Waals surface area contributed by atoms with E-state index >= 15 is 0 Å². The highest BCUT2D eigenvalue weighted by Crippen LogP contribution is 2.19. The van der Waals surface area contributed by atoms with Crippen LogP contribution in [0.2, 0.25) is 10.0 Å². The molecule has 1 N–H and O–H groups in total. The van der Waals surface area contributed by atoms with Crippen molar-refractivity contribution < 1.29 is 9.53 Å². The van der Waals surface area contributed by atoms with E-state index in [1.54, 1.807) is 30.5 Å². The summed E-state index contributed by atoms with van der Waals surface area (Å²) in [5, 5.41) is 3.60. The molecule has 0 radical (unpaired) electrons. The van der Waals surface area contributed by atoms with Crippen LogP contribution in [0.15, 0.2) is 36.5 Å². The summed E-state index contributed by atoms with van der Waals surface area (Å²) in [4.78, 5) is 16.1. The van der Waals surface area contributed by atoms with Gasteiger partial charge in [-0.15, -0.1) is 0 Å². The number of methoxy groups -OCH3 is 1. The summed E-state index contributed by atoms with van der Waals surface area (Å²) < 4.78 is 5.12. The van der Waals surface area contributed by atoms with Gasteiger partial charge in [0.15, 0.2) is 0 Å². The first kappa shape index (κ1) is 14.6. The fourth-order valence-electron chi connectivity index (χ4n) is 1.70. The fraction of sp³-hybridized carbons (Fsp3) is 0.143. The quantitative estimate of drug-likeness (QED) is 0.942. The minimum Gasteiger partial charge on any atom is -0.481 e. The van der Waals surface area contributed by atoms with E-state index in [2.05, 4.69) is 10.3 Å². The smallest absolute Gasteiger partial charge is 0.251 e. The number of ether oxygens (including phenoxy) is 1. The van der Waals surface area contributed by atoms with Crippen LogP contribution in [0.4, 0.5) is 0 Å². The average Bonchev–Trinajstić information content (AvgIpc) is 2.44. The van der Waals surface area contributed by atoms with Gasteiger partial charge in [-0.2, -0.15) is 0 Å². The highest BCUT2D eigenvalue weighted by molar-refractivity contribution is 6.35. The van der Waals surface area contributed by atoms with Gasteiger partial charge in [0.25, 0.3) is 5.91 Å². The molecule has 1 aromatic carbocycles. The maximum absolute atomic E-state index is 12.0. The van der Waals surface area contributed by atoms with Gasteiger partial charge in [-0.3, -0.25) is 4.79 Å². The number of carbonyl (C=O) groups excluding carboxylic acids is 1. The van der Waals surface area contributed by atoms with Gasteiger partial charge in [-0.05, 0) is 24.3 Å². The molecule has 2 rings (SSSR count). The van der Waals surface area contributed by atoms with E-state index in [-0.39, 0.29) is 5.91 Å². The standard InChI is InChI=1S/C14H12Cl2N2O2/c1-20-14-9(3-2-4-17-14)8-18-13(19)10-5-11(15)7-12(16)6-10/h2-7H,8H2,1H3,(H,18,19). The van der Waals surface area contributed by atoms with Gasteiger partial charge in [0.2, 0.25) is 5.88 Å². The predicted molar refractivity (Wildman–Crippen MR) is 78.4 cm³/mol. The largest absolute Gasteiger partial charge is 0.481 e. The number of hydrogen-bond acceptors (Lipinski definition) is 3. The molecule has 0 aliphatic rings. The molecule has 0 aliphatic heterocycles. The number of hydrogen-bond donors (Lipinski definition) is 1. The van der Waals surface area contributed by atoms with E-state index in [4.69, 9.17) is 27.9 Å². The molecule has 0 bridgehead atoms. The van der Waals surface area contributed by atoms with Crippen LogP contribution in [0, 0.1) is 0 Å². The Balaban J connectivity index is 2.08. The summed E-state index contributed by atoms with van der Waals surface area (Å²) in [6.07, 6.45) is 1.63. The number of halogens is 2. The van der Waals surface area contributed by atoms with Crippen LogP contribution in [0.1, 0.15) is 15.9 Å². The second-order valence-corrected chi connectivity index (χ2v) is 4.89. The molecule has 2 aromatic rings. The maximum Gasteiger partial charge on any atom is 0.251 e. The van der Waals surface area contributed by atoms with Crippen molar-refractivity contribution in [2.75, 3.05) is 7.11 Å². The van der Waals surface area contributed by atoms with E-state index in [1.165, 1.54) is 7.11 Å². The number of benzene rings is 1. The highest BCUT2D eigenvalue weighted by atomic mass is 35.5. The van der Waals surface area contributed by atoms with Gasteiger partial charge in [0, 0.05) is 33.9 Å². The summed E-state index contributed by atoms with van der Waals surface area (Å²) >= 11 is 11.7. The molecule has 0 atom stereocenters. The Morgan fingerprint density at radius 1 is 1.30 bits per heavy atom. The lowest BCUT2D eigenvalue weighted by Gasteiger charge is -2.09. The van der Waals surface area contributed by atoms with Crippen molar-refractivity contribution in [1.82, 2.24) is 10.3 Å². The van der Waals surface area contributed by atoms with Crippen molar-refractivity contribution >= 4 is 29.1 Å². The number of carbonyl (C=O) groups is 1. The Hall–Kier alpha value is -1.78. The highest BCUT2D eigenvalue weighted by Gasteiger charge is 2.09. The molecule has 4 nitrogen and oxygen atoms in total. The third kappa shape index (κ3) is 3.62. The topological polar surface area (TPSA) is 51.2 Å². The molecule has 20 heavy (non-hydrogen) atoms. The van der Waals surface area contributed by atoms with Gasteiger partial charge in [-0.1, -0.05) is 29.3 Å². The summed E-state index contributed by atoms with van der Waals surface area (Å²) in [6, 6.07) is 8.30. The van der Waals surface area contributed by atoms with Crippen LogP contribution in [-0.2, 0) is 6.54 Å². The maximum atomic E-state index is 12.0. The van der Waals surface area contributed by atoms with Crippen LogP contribution in [-0.4, -0.2) is 18.0 Å². The Morgan fingerprint density at radius 3 is 2.65 bits per heavy atom. The molecular weight excluding hydrogens is 299 g/mol. The van der Waals surface area contributed by atoms with E-state index in [0.29, 0.717) is 28.0 Å². The summed E-state index contributed by atoms with van der Waals surface area (Å²) in [7, 11) is 1.53. The molecule has 0 spiro atoms. The second-order valence-electron chi connectivity index (χ2n) is 4.01. The first-order chi connectivity index (χ1) is 9.60. The SMILES string of the molecule is COc1ncccc1CNC(=O)c1cc(Cl)cc(Cl)c1. The normalized spacial score (nSPS) is 10.2. The zero-order chi connectivity index (χ0) is 14.5. The van der Waals surface area contributed by atoms with Gasteiger partial charge in [-0.25, -0.2) is 4.98 Å². The third-order valence-electron chi connectivity index (χ3n) is 2.61. The molecule has 0 aliphatic carbocycles. The summed E-state index contributed by atoms with van der Waals surface area (Å²) in [5.41, 5.74) is 1.20. The number of nitrogens with zero attached hydrogens (tertiary/aromatic N) is 1. The lowest BCUT2D eigenvalue weighted by molar-refractivity contribution is 0.0950. The molecule has 104 valence electrons. The van der Waals surface area contributed by atoms with Crippen LogP contribution >= 0.6 is 23.2 Å². The number of nitrogens with one attached hydrogen (secondary N) is 1. The van der Waals surface area contributed by atoms with Crippen molar-refractivity contribution in [3.8, 4) is 5.88 Å². The summed E-state index contributed by atoms with van der Waals surface area (Å²) in [6.45, 7) is 0.306. The minimum atomic E-state index is -0.264. The van der Waals surface area contributed by atoms with Crippen molar-refractivity contribution in [2.24, 2.45) is 0 Å². The number of aromatic nitrogens is 1. The number of rotatable bonds is 4. The second kappa shape index (κ2) is 6.59. The van der Waals surface area contributed by atoms with Crippen LogP contribution < -0.4 is 10.1 Å². The van der Waals surface area contributed by atoms with Crippen LogP contribution in [0.3, 0.4) is 0 Å². The van der Waals surface area contributed by atoms with Crippen LogP contribution in [0.5, 0.6) is 5.88 Å². The Morgan fingerprint density at radius 2 is 2.00 bits per heavy atom. The number of pyridine rings is 1. The van der Waals surface area contributed by atoms with E-state index in [1.807, 2.05) is 6.07 Å². The molecular formula is C14H12Cl2N2O2. The van der Waals surface area contributed by atoms with Gasteiger partial charge < -0.3 is 10.1 Å². The average molecular weight is 311 g/mol. The first-order valence-corrected chi connectivity index (χ1v) is 6.58. The number of amides is 1. The predicted octanol–water partition coefficient (Wildman–Crippen LogP) is 3.33. The van der Waals surface area contributed by atoms with Crippen molar-refractivity contribution in [3.63, 3.8) is 0 Å². The molecule has 0 fully saturated rings. The zero-order valence-corrected chi connectivity index (χ0v) is 12.2. The summed E-state index contributed by atoms with van der Waals surface area (Å²) in [5.74, 6) is 0.220. The van der Waals surface area contributed by atoms with Crippen molar-refractivity contribution in [3.05, 3.63) is 57.7 Å². The van der Waals surface area contributed by atoms with E-state index < -0.39 is 0 Å². The molecule has 1 amide bonds. The van der Waals surface area contributed by atoms with Gasteiger partial charge in [0.05, 0.1) is 7.11 Å². The minimum absolute atomic E-state index is 0.264. The van der Waals surface area contributed by atoms with Crippen molar-refractivity contribution in [2.45, 2.75) is 6.54 Å². The van der Waals surface area contributed by atoms with Gasteiger partial charge in [0.1, 0.15) is 0 Å². The molecule has 0 saturated carbocycles. The molecule has 6 heteroatoms. The monoisotopic (exact) mass is 310 g/mol. The first-order valence-electron chi connectivity index (χ1n) is 5.82.